The van der Waals surface area contributed by atoms with Crippen molar-refractivity contribution >= 4 is 66.2 Å². The predicted molar refractivity (Wildman–Crippen MR) is 145 cm³/mol. The fraction of sp³-hybridized carbons (Fsp3) is 0. The van der Waals surface area contributed by atoms with Crippen LogP contribution in [0.4, 0.5) is 17.1 Å². The largest absolute Gasteiger partial charge is 0.322 e. The fourth-order valence-electron chi connectivity index (χ4n) is 3.22. The highest BCUT2D eigenvalue weighted by Gasteiger charge is 2.21. The summed E-state index contributed by atoms with van der Waals surface area (Å²) in [7, 11) is -7.94. The van der Waals surface area contributed by atoms with Gasteiger partial charge in [0, 0.05) is 27.6 Å². The van der Waals surface area contributed by atoms with E-state index in [0.29, 0.717) is 22.1 Å². The minimum absolute atomic E-state index is 0.0210. The molecule has 0 radical (unpaired) electrons. The van der Waals surface area contributed by atoms with E-state index in [-0.39, 0.29) is 20.4 Å². The third-order valence-electron chi connectivity index (χ3n) is 5.03. The second-order valence-electron chi connectivity index (χ2n) is 7.71. The van der Waals surface area contributed by atoms with Gasteiger partial charge in [-0.25, -0.2) is 16.8 Å². The van der Waals surface area contributed by atoms with Gasteiger partial charge in [-0.2, -0.15) is 0 Å². The summed E-state index contributed by atoms with van der Waals surface area (Å²) < 4.78 is 55.8. The highest BCUT2D eigenvalue weighted by molar-refractivity contribution is 7.93. The van der Waals surface area contributed by atoms with Gasteiger partial charge in [0.2, 0.25) is 0 Å². The summed E-state index contributed by atoms with van der Waals surface area (Å²) in [4.78, 5) is 12.5. The Hall–Kier alpha value is -3.57. The number of carbonyl (C=O) groups is 1. The molecule has 190 valence electrons. The molecule has 0 aromatic heterocycles. The van der Waals surface area contributed by atoms with E-state index in [1.807, 2.05) is 0 Å². The molecule has 0 heterocycles. The maximum absolute atomic E-state index is 12.8. The summed E-state index contributed by atoms with van der Waals surface area (Å²) >= 11 is 11.9. The van der Waals surface area contributed by atoms with E-state index < -0.39 is 26.0 Å². The molecule has 0 bridgehead atoms. The molecule has 0 unspecified atom stereocenters. The Kier molecular flexibility index (Phi) is 7.74. The Morgan fingerprint density at radius 2 is 1.19 bits per heavy atom. The van der Waals surface area contributed by atoms with Gasteiger partial charge in [0.1, 0.15) is 4.90 Å². The number of anilines is 3. The molecule has 0 aliphatic rings. The Bertz CT molecular complexity index is 1650. The van der Waals surface area contributed by atoms with E-state index in [1.54, 1.807) is 42.5 Å². The zero-order valence-corrected chi connectivity index (χ0v) is 22.0. The summed E-state index contributed by atoms with van der Waals surface area (Å²) in [5.41, 5.74) is 1.03. The summed E-state index contributed by atoms with van der Waals surface area (Å²) in [6.07, 6.45) is 0. The van der Waals surface area contributed by atoms with Crippen LogP contribution in [0.1, 0.15) is 10.4 Å². The first-order valence-electron chi connectivity index (χ1n) is 10.6. The van der Waals surface area contributed by atoms with Crippen LogP contribution in [0.5, 0.6) is 0 Å². The number of hydrogen-bond donors (Lipinski definition) is 3. The van der Waals surface area contributed by atoms with Gasteiger partial charge in [-0.05, 0) is 78.9 Å². The summed E-state index contributed by atoms with van der Waals surface area (Å²) in [6.45, 7) is 0. The van der Waals surface area contributed by atoms with Crippen molar-refractivity contribution in [3.63, 3.8) is 0 Å². The number of sulfonamides is 2. The number of halogens is 2. The monoisotopic (exact) mass is 575 g/mol. The van der Waals surface area contributed by atoms with E-state index in [0.717, 1.165) is 6.07 Å². The molecule has 3 N–H and O–H groups in total. The molecule has 0 saturated heterocycles. The van der Waals surface area contributed by atoms with Gasteiger partial charge in [0.25, 0.3) is 26.0 Å². The van der Waals surface area contributed by atoms with E-state index >= 15 is 0 Å². The predicted octanol–water partition coefficient (Wildman–Crippen LogP) is 5.85. The van der Waals surface area contributed by atoms with Crippen molar-refractivity contribution in [3.8, 4) is 0 Å². The lowest BCUT2D eigenvalue weighted by atomic mass is 10.2. The number of rotatable bonds is 8. The summed E-state index contributed by atoms with van der Waals surface area (Å²) in [5.74, 6) is -0.609. The van der Waals surface area contributed by atoms with Crippen LogP contribution in [0.15, 0.2) is 107 Å². The van der Waals surface area contributed by atoms with Crippen LogP contribution in [0.25, 0.3) is 0 Å². The maximum atomic E-state index is 12.8. The lowest BCUT2D eigenvalue weighted by Gasteiger charge is -2.12. The van der Waals surface area contributed by atoms with Crippen LogP contribution in [0.3, 0.4) is 0 Å². The molecule has 12 heteroatoms. The molecule has 37 heavy (non-hydrogen) atoms. The zero-order valence-electron chi connectivity index (χ0n) is 18.9. The van der Waals surface area contributed by atoms with Crippen molar-refractivity contribution in [2.75, 3.05) is 14.8 Å². The summed E-state index contributed by atoms with van der Waals surface area (Å²) in [6, 6.07) is 23.8. The normalized spacial score (nSPS) is 11.5. The first-order valence-corrected chi connectivity index (χ1v) is 14.3. The topological polar surface area (TPSA) is 121 Å². The Morgan fingerprint density at radius 3 is 1.84 bits per heavy atom. The third-order valence-corrected chi connectivity index (χ3v) is 8.54. The van der Waals surface area contributed by atoms with Crippen LogP contribution in [-0.4, -0.2) is 22.7 Å². The molecule has 8 nitrogen and oxygen atoms in total. The van der Waals surface area contributed by atoms with Crippen molar-refractivity contribution in [3.05, 3.63) is 113 Å². The van der Waals surface area contributed by atoms with Crippen molar-refractivity contribution in [1.82, 2.24) is 0 Å². The van der Waals surface area contributed by atoms with Gasteiger partial charge < -0.3 is 5.32 Å². The highest BCUT2D eigenvalue weighted by atomic mass is 35.5. The average Bonchev–Trinajstić information content (AvgIpc) is 2.86. The average molecular weight is 576 g/mol. The molecule has 0 atom stereocenters. The Balaban J connectivity index is 1.49. The van der Waals surface area contributed by atoms with Crippen LogP contribution >= 0.6 is 23.2 Å². The van der Waals surface area contributed by atoms with E-state index in [4.69, 9.17) is 23.2 Å². The number of carbonyl (C=O) groups excluding carboxylic acids is 1. The molecule has 0 fully saturated rings. The van der Waals surface area contributed by atoms with Gasteiger partial charge in [0.05, 0.1) is 9.92 Å². The smallest absolute Gasteiger partial charge is 0.263 e. The Morgan fingerprint density at radius 1 is 0.622 bits per heavy atom. The second-order valence-corrected chi connectivity index (χ2v) is 11.9. The van der Waals surface area contributed by atoms with E-state index in [2.05, 4.69) is 14.8 Å². The minimum Gasteiger partial charge on any atom is -0.322 e. The van der Waals surface area contributed by atoms with Crippen molar-refractivity contribution in [2.45, 2.75) is 9.79 Å². The molecule has 4 aromatic carbocycles. The van der Waals surface area contributed by atoms with Crippen LogP contribution in [0.2, 0.25) is 10.0 Å². The number of hydrogen-bond acceptors (Lipinski definition) is 5. The van der Waals surface area contributed by atoms with Gasteiger partial charge in [0.15, 0.2) is 0 Å². The summed E-state index contributed by atoms with van der Waals surface area (Å²) in [5, 5.41) is 3.03. The van der Waals surface area contributed by atoms with Gasteiger partial charge >= 0.3 is 0 Å². The maximum Gasteiger partial charge on any atom is 0.263 e. The number of nitrogens with one attached hydrogen (secondary N) is 3. The van der Waals surface area contributed by atoms with Crippen LogP contribution in [0, 0.1) is 0 Å². The molecule has 4 aromatic rings. The van der Waals surface area contributed by atoms with Gasteiger partial charge in [-0.15, -0.1) is 0 Å². The molecule has 0 spiro atoms. The fourth-order valence-corrected chi connectivity index (χ4v) is 5.99. The van der Waals surface area contributed by atoms with Crippen molar-refractivity contribution < 1.29 is 21.6 Å². The van der Waals surface area contributed by atoms with E-state index in [1.165, 1.54) is 48.5 Å². The standard InChI is InChI=1S/C25H19Cl2N3O5S2/c26-18-7-9-21(10-8-18)29-36(32,33)22-13-11-19(12-14-22)28-25(31)17-6-15-23(27)24(16-17)37(34,35)30-20-4-2-1-3-5-20/h1-16,29-30H,(H,28,31). The SMILES string of the molecule is O=C(Nc1ccc(S(=O)(=O)Nc2ccc(Cl)cc2)cc1)c1ccc(Cl)c(S(=O)(=O)Nc2ccccc2)c1. The zero-order chi connectivity index (χ0) is 26.6. The molecule has 4 rings (SSSR count). The highest BCUT2D eigenvalue weighted by Crippen LogP contribution is 2.26. The van der Waals surface area contributed by atoms with Crippen molar-refractivity contribution in [1.29, 1.82) is 0 Å². The lowest BCUT2D eigenvalue weighted by Crippen LogP contribution is -2.16. The molecule has 0 aliphatic carbocycles. The number of para-hydroxylation sites is 1. The Labute approximate surface area is 224 Å². The first-order chi connectivity index (χ1) is 17.5. The van der Waals surface area contributed by atoms with Crippen LogP contribution in [-0.2, 0) is 20.0 Å². The van der Waals surface area contributed by atoms with Crippen LogP contribution < -0.4 is 14.8 Å². The number of benzene rings is 4. The van der Waals surface area contributed by atoms with Gasteiger partial charge in [-0.1, -0.05) is 41.4 Å². The minimum atomic E-state index is -4.07. The van der Waals surface area contributed by atoms with E-state index in [9.17, 15) is 21.6 Å². The second kappa shape index (κ2) is 10.8. The van der Waals surface area contributed by atoms with Gasteiger partial charge in [-0.3, -0.25) is 14.2 Å². The lowest BCUT2D eigenvalue weighted by molar-refractivity contribution is 0.102. The molecule has 0 saturated carbocycles. The third kappa shape index (κ3) is 6.60. The molecular weight excluding hydrogens is 557 g/mol. The quantitative estimate of drug-likeness (QED) is 0.243. The molecule has 0 aliphatic heterocycles. The molecule has 1 amide bonds. The van der Waals surface area contributed by atoms with Crippen molar-refractivity contribution in [2.24, 2.45) is 0 Å². The molecular formula is C25H19Cl2N3O5S2. The first kappa shape index (κ1) is 26.5. The number of amides is 1.